The van der Waals surface area contributed by atoms with E-state index in [-0.39, 0.29) is 63.8 Å². The van der Waals surface area contributed by atoms with Gasteiger partial charge in [0.15, 0.2) is 0 Å². The topological polar surface area (TPSA) is 40.1 Å². The zero-order chi connectivity index (χ0) is 8.27. The molecule has 0 bridgehead atoms. The third-order valence-corrected chi connectivity index (χ3v) is 1.99. The van der Waals surface area contributed by atoms with Gasteiger partial charge in [0.1, 0.15) is 0 Å². The molecule has 1 rings (SSSR count). The van der Waals surface area contributed by atoms with Gasteiger partial charge >= 0.3 is 58.2 Å². The number of carbonyl (C=O) groups is 1. The Morgan fingerprint density at radius 3 is 2.17 bits per heavy atom. The molecule has 4 heteroatoms. The average Bonchev–Trinajstić information content (AvgIpc) is 2.05. The van der Waals surface area contributed by atoms with E-state index in [4.69, 9.17) is 0 Å². The van der Waals surface area contributed by atoms with Gasteiger partial charge in [-0.3, -0.25) is 0 Å². The summed E-state index contributed by atoms with van der Waals surface area (Å²) in [5.74, 6) is -1.13. The molecule has 0 spiro atoms. The second-order valence-corrected chi connectivity index (χ2v) is 2.68. The molecule has 0 saturated heterocycles. The number of aromatic carboxylic acids is 1. The van der Waals surface area contributed by atoms with E-state index in [0.717, 1.165) is 10.9 Å². The number of carboxylic acid groups (broad SMARTS) is 1. The second-order valence-electron chi connectivity index (χ2n) is 2.12. The average molecular weight is 300 g/mol. The number of carboxylic acids is 1. The molecule has 0 aliphatic rings. The summed E-state index contributed by atoms with van der Waals surface area (Å²) in [5.41, 5.74) is 1.27. The smallest absolute Gasteiger partial charge is 0.545 e. The number of hydrogen-bond acceptors (Lipinski definition) is 2. The molecule has 1 aromatic rings. The van der Waals surface area contributed by atoms with Gasteiger partial charge in [-0.25, -0.2) is 0 Å². The van der Waals surface area contributed by atoms with E-state index in [9.17, 15) is 9.90 Å². The molecular weight excluding hydrogens is 293 g/mol. The normalized spacial score (nSPS) is 8.75. The molecule has 0 saturated carbocycles. The van der Waals surface area contributed by atoms with Crippen LogP contribution in [0.3, 0.4) is 0 Å². The second kappa shape index (κ2) is 6.43. The zero-order valence-electron chi connectivity index (χ0n) is 6.71. The number of benzene rings is 1. The minimum Gasteiger partial charge on any atom is -0.545 e. The van der Waals surface area contributed by atoms with Gasteiger partial charge in [0.05, 0.1) is 5.97 Å². The number of hydrogen-bond donors (Lipinski definition) is 0. The molecule has 0 aliphatic carbocycles. The van der Waals surface area contributed by atoms with Gasteiger partial charge < -0.3 is 9.90 Å². The summed E-state index contributed by atoms with van der Waals surface area (Å²) >= 11 is 3.26. The van der Waals surface area contributed by atoms with Crippen molar-refractivity contribution in [3.63, 3.8) is 0 Å². The fourth-order valence-corrected chi connectivity index (χ4v) is 1.10. The van der Waals surface area contributed by atoms with Crippen LogP contribution in [0.1, 0.15) is 15.9 Å². The van der Waals surface area contributed by atoms with Crippen molar-refractivity contribution < 1.29 is 68.1 Å². The summed E-state index contributed by atoms with van der Waals surface area (Å²) in [7, 11) is 0. The van der Waals surface area contributed by atoms with Crippen LogP contribution in [0.25, 0.3) is 0 Å². The number of halogens is 1. The Balaban J connectivity index is 0.00000121. The molecule has 0 atom stereocenters. The molecular formula is C8H6BrO2Rb. The summed E-state index contributed by atoms with van der Waals surface area (Å²) in [6.07, 6.45) is 0. The first-order valence-corrected chi connectivity index (χ1v) is 4.22. The summed E-state index contributed by atoms with van der Waals surface area (Å²) < 4.78 is 0. The van der Waals surface area contributed by atoms with E-state index in [2.05, 4.69) is 15.9 Å². The van der Waals surface area contributed by atoms with Crippen LogP contribution in [-0.4, -0.2) is 5.97 Å². The standard InChI is InChI=1S/C8H7BrO2.Rb/c9-5-6-1-3-7(4-2-6)8(10)11;/h1-4H,5H2,(H,10,11);/q;+1/p-1. The van der Waals surface area contributed by atoms with Crippen LogP contribution in [0.4, 0.5) is 0 Å². The maximum atomic E-state index is 10.3. The molecule has 0 aliphatic heterocycles. The third kappa shape index (κ3) is 3.79. The Labute approximate surface area is 128 Å². The quantitative estimate of drug-likeness (QED) is 0.590. The number of rotatable bonds is 2. The third-order valence-electron chi connectivity index (χ3n) is 1.34. The van der Waals surface area contributed by atoms with Crippen LogP contribution in [0, 0.1) is 0 Å². The number of carbonyl (C=O) groups excluding carboxylic acids is 1. The minimum absolute atomic E-state index is 0. The van der Waals surface area contributed by atoms with Gasteiger partial charge in [-0.1, -0.05) is 40.2 Å². The van der Waals surface area contributed by atoms with E-state index in [1.54, 1.807) is 12.1 Å². The van der Waals surface area contributed by atoms with Crippen molar-refractivity contribution in [3.05, 3.63) is 35.4 Å². The molecule has 0 fully saturated rings. The molecule has 0 unspecified atom stereocenters. The largest absolute Gasteiger partial charge is 1.00 e. The summed E-state index contributed by atoms with van der Waals surface area (Å²) in [6.45, 7) is 0. The molecule has 1 aromatic carbocycles. The van der Waals surface area contributed by atoms with Crippen LogP contribution < -0.4 is 63.3 Å². The SMILES string of the molecule is O=C([O-])c1ccc(CBr)cc1.[Rb+]. The maximum absolute atomic E-state index is 10.3. The Bertz CT molecular complexity index is 258. The van der Waals surface area contributed by atoms with Crippen molar-refractivity contribution in [2.45, 2.75) is 5.33 Å². The predicted molar refractivity (Wildman–Crippen MR) is 43.4 cm³/mol. The molecule has 0 N–H and O–H groups in total. The van der Waals surface area contributed by atoms with Gasteiger partial charge in [0.2, 0.25) is 0 Å². The number of alkyl halides is 1. The molecule has 2 nitrogen and oxygen atoms in total. The molecule has 0 heterocycles. The Kier molecular flexibility index (Phi) is 6.95. The Morgan fingerprint density at radius 2 is 1.83 bits per heavy atom. The summed E-state index contributed by atoms with van der Waals surface area (Å²) in [5, 5.41) is 11.0. The first-order valence-electron chi connectivity index (χ1n) is 3.10. The molecule has 0 amide bonds. The van der Waals surface area contributed by atoms with Crippen LogP contribution in [0.5, 0.6) is 0 Å². The van der Waals surface area contributed by atoms with Crippen LogP contribution >= 0.6 is 15.9 Å². The predicted octanol–water partition coefficient (Wildman–Crippen LogP) is -2.05. The monoisotopic (exact) mass is 298 g/mol. The van der Waals surface area contributed by atoms with E-state index >= 15 is 0 Å². The van der Waals surface area contributed by atoms with Gasteiger partial charge in [-0.15, -0.1) is 0 Å². The molecule has 12 heavy (non-hydrogen) atoms. The Morgan fingerprint density at radius 1 is 1.33 bits per heavy atom. The minimum atomic E-state index is -1.13. The fourth-order valence-electron chi connectivity index (χ4n) is 0.730. The van der Waals surface area contributed by atoms with E-state index in [0.29, 0.717) is 0 Å². The summed E-state index contributed by atoms with van der Waals surface area (Å²) in [4.78, 5) is 10.3. The van der Waals surface area contributed by atoms with Crippen LogP contribution in [0.15, 0.2) is 24.3 Å². The summed E-state index contributed by atoms with van der Waals surface area (Å²) in [6, 6.07) is 6.57. The first kappa shape index (κ1) is 13.0. The van der Waals surface area contributed by atoms with Gasteiger partial charge in [0.25, 0.3) is 0 Å². The van der Waals surface area contributed by atoms with Crippen molar-refractivity contribution in [1.82, 2.24) is 0 Å². The van der Waals surface area contributed by atoms with Crippen LogP contribution in [0.2, 0.25) is 0 Å². The van der Waals surface area contributed by atoms with Crippen molar-refractivity contribution in [2.75, 3.05) is 0 Å². The van der Waals surface area contributed by atoms with Crippen molar-refractivity contribution >= 4 is 21.9 Å². The molecule has 58 valence electrons. The van der Waals surface area contributed by atoms with Crippen molar-refractivity contribution in [1.29, 1.82) is 0 Å². The van der Waals surface area contributed by atoms with Gasteiger partial charge in [0, 0.05) is 5.33 Å². The maximum Gasteiger partial charge on any atom is 1.00 e. The van der Waals surface area contributed by atoms with Gasteiger partial charge in [-0.2, -0.15) is 0 Å². The van der Waals surface area contributed by atoms with E-state index in [1.807, 2.05) is 0 Å². The first-order chi connectivity index (χ1) is 5.24. The fraction of sp³-hybridized carbons (Fsp3) is 0.125. The van der Waals surface area contributed by atoms with Crippen molar-refractivity contribution in [3.8, 4) is 0 Å². The van der Waals surface area contributed by atoms with Crippen molar-refractivity contribution in [2.24, 2.45) is 0 Å². The van der Waals surface area contributed by atoms with Gasteiger partial charge in [-0.05, 0) is 11.1 Å². The van der Waals surface area contributed by atoms with E-state index < -0.39 is 5.97 Å². The van der Waals surface area contributed by atoms with Crippen LogP contribution in [-0.2, 0) is 5.33 Å². The zero-order valence-corrected chi connectivity index (χ0v) is 13.2. The van der Waals surface area contributed by atoms with E-state index in [1.165, 1.54) is 12.1 Å². The molecule has 0 radical (unpaired) electrons. The Hall–Kier alpha value is 0.975. The molecule has 0 aromatic heterocycles.